The molecule has 0 N–H and O–H groups in total. The number of hydrogen-bond acceptors (Lipinski definition) is 2. The molecule has 3 aromatic rings. The van der Waals surface area contributed by atoms with E-state index in [2.05, 4.69) is 103 Å². The van der Waals surface area contributed by atoms with Crippen molar-refractivity contribution >= 4 is 29.6 Å². The van der Waals surface area contributed by atoms with Crippen LogP contribution in [0.3, 0.4) is 0 Å². The van der Waals surface area contributed by atoms with Crippen LogP contribution in [0, 0.1) is 0 Å². The van der Waals surface area contributed by atoms with Crippen LogP contribution in [0.5, 0.6) is 0 Å². The van der Waals surface area contributed by atoms with Crippen molar-refractivity contribution in [2.75, 3.05) is 0 Å². The first-order valence-electron chi connectivity index (χ1n) is 8.44. The summed E-state index contributed by atoms with van der Waals surface area (Å²) in [4.78, 5) is 0. The van der Waals surface area contributed by atoms with E-state index >= 15 is 0 Å². The molecule has 0 nitrogen and oxygen atoms in total. The fourth-order valence-electron chi connectivity index (χ4n) is 2.42. The number of rotatable bonds is 8. The van der Waals surface area contributed by atoms with Crippen LogP contribution in [0.2, 0.25) is 0 Å². The summed E-state index contributed by atoms with van der Waals surface area (Å²) in [7, 11) is 0. The molecule has 0 fully saturated rings. The van der Waals surface area contributed by atoms with Gasteiger partial charge in [-0.1, -0.05) is 103 Å². The molecule has 0 aliphatic carbocycles. The van der Waals surface area contributed by atoms with E-state index in [-0.39, 0.29) is 0 Å². The quantitative estimate of drug-likeness (QED) is 0.400. The van der Waals surface area contributed by atoms with Crippen molar-refractivity contribution in [1.82, 2.24) is 0 Å². The molecule has 0 aromatic heterocycles. The second-order valence-electron chi connectivity index (χ2n) is 5.73. The predicted molar refractivity (Wildman–Crippen MR) is 115 cm³/mol. The summed E-state index contributed by atoms with van der Waals surface area (Å²) in [6.45, 7) is 0. The normalized spacial score (nSPS) is 11.2. The SMILES string of the molecule is C(=C/C(SCc1ccccc1)SCc1ccccc1)/c1ccccc1. The van der Waals surface area contributed by atoms with Crippen molar-refractivity contribution in [2.24, 2.45) is 0 Å². The molecule has 0 amide bonds. The molecule has 0 spiro atoms. The molecule has 0 bridgehead atoms. The average Bonchev–Trinajstić information content (AvgIpc) is 2.70. The van der Waals surface area contributed by atoms with Crippen molar-refractivity contribution < 1.29 is 0 Å². The van der Waals surface area contributed by atoms with Gasteiger partial charge in [0.25, 0.3) is 0 Å². The Morgan fingerprint density at radius 2 is 1.04 bits per heavy atom. The summed E-state index contributed by atoms with van der Waals surface area (Å²) < 4.78 is 0.431. The van der Waals surface area contributed by atoms with Crippen molar-refractivity contribution in [3.05, 3.63) is 114 Å². The largest absolute Gasteiger partial charge is 0.139 e. The minimum absolute atomic E-state index is 0.431. The Hall–Kier alpha value is -1.90. The Balaban J connectivity index is 1.63. The van der Waals surface area contributed by atoms with Gasteiger partial charge in [0.2, 0.25) is 0 Å². The highest BCUT2D eigenvalue weighted by Gasteiger charge is 2.07. The van der Waals surface area contributed by atoms with Crippen LogP contribution < -0.4 is 0 Å². The van der Waals surface area contributed by atoms with Gasteiger partial charge in [-0.25, -0.2) is 0 Å². The lowest BCUT2D eigenvalue weighted by molar-refractivity contribution is 1.39. The zero-order valence-corrected chi connectivity index (χ0v) is 15.8. The zero-order chi connectivity index (χ0) is 17.2. The highest BCUT2D eigenvalue weighted by atomic mass is 32.2. The molecule has 0 atom stereocenters. The van der Waals surface area contributed by atoms with Crippen molar-refractivity contribution in [2.45, 2.75) is 16.1 Å². The number of benzene rings is 3. The topological polar surface area (TPSA) is 0 Å². The van der Waals surface area contributed by atoms with E-state index in [4.69, 9.17) is 0 Å². The molecule has 3 aromatic carbocycles. The molecule has 0 saturated heterocycles. The van der Waals surface area contributed by atoms with Gasteiger partial charge >= 0.3 is 0 Å². The third kappa shape index (κ3) is 6.49. The van der Waals surface area contributed by atoms with Gasteiger partial charge < -0.3 is 0 Å². The summed E-state index contributed by atoms with van der Waals surface area (Å²) >= 11 is 3.98. The smallest absolute Gasteiger partial charge is 0.0692 e. The predicted octanol–water partition coefficient (Wildman–Crippen LogP) is 6.89. The minimum Gasteiger partial charge on any atom is -0.139 e. The van der Waals surface area contributed by atoms with E-state index in [1.807, 2.05) is 23.5 Å². The Morgan fingerprint density at radius 1 is 0.600 bits per heavy atom. The summed E-state index contributed by atoms with van der Waals surface area (Å²) in [5, 5.41) is 0. The lowest BCUT2D eigenvalue weighted by atomic mass is 10.2. The summed E-state index contributed by atoms with van der Waals surface area (Å²) in [5.74, 6) is 2.07. The zero-order valence-electron chi connectivity index (χ0n) is 14.1. The van der Waals surface area contributed by atoms with Gasteiger partial charge in [-0.3, -0.25) is 0 Å². The second kappa shape index (κ2) is 10.2. The van der Waals surface area contributed by atoms with Crippen LogP contribution in [0.1, 0.15) is 16.7 Å². The summed E-state index contributed by atoms with van der Waals surface area (Å²) in [6, 6.07) is 31.9. The average molecular weight is 363 g/mol. The van der Waals surface area contributed by atoms with Crippen LogP contribution in [-0.2, 0) is 11.5 Å². The Bertz CT molecular complexity index is 708. The Morgan fingerprint density at radius 3 is 1.52 bits per heavy atom. The maximum absolute atomic E-state index is 2.33. The van der Waals surface area contributed by atoms with Gasteiger partial charge in [0.1, 0.15) is 0 Å². The van der Waals surface area contributed by atoms with Crippen LogP contribution in [-0.4, -0.2) is 4.58 Å². The van der Waals surface area contributed by atoms with E-state index in [0.29, 0.717) is 4.58 Å². The molecular formula is C23H22S2. The molecule has 0 unspecified atom stereocenters. The molecule has 0 aliphatic rings. The van der Waals surface area contributed by atoms with E-state index in [0.717, 1.165) is 11.5 Å². The third-order valence-corrected chi connectivity index (χ3v) is 6.55. The number of thioether (sulfide) groups is 2. The highest BCUT2D eigenvalue weighted by Crippen LogP contribution is 2.31. The minimum atomic E-state index is 0.431. The van der Waals surface area contributed by atoms with Crippen molar-refractivity contribution in [3.8, 4) is 0 Å². The van der Waals surface area contributed by atoms with Gasteiger partial charge in [-0.2, -0.15) is 0 Å². The lowest BCUT2D eigenvalue weighted by Crippen LogP contribution is -1.95. The highest BCUT2D eigenvalue weighted by molar-refractivity contribution is 8.16. The van der Waals surface area contributed by atoms with Crippen LogP contribution >= 0.6 is 23.5 Å². The number of hydrogen-bond donors (Lipinski definition) is 0. The molecule has 0 saturated carbocycles. The van der Waals surface area contributed by atoms with E-state index < -0.39 is 0 Å². The fraction of sp³-hybridized carbons (Fsp3) is 0.130. The fourth-order valence-corrected chi connectivity index (χ4v) is 4.69. The molecule has 0 heterocycles. The second-order valence-corrected chi connectivity index (χ2v) is 8.29. The van der Waals surface area contributed by atoms with Crippen LogP contribution in [0.25, 0.3) is 6.08 Å². The van der Waals surface area contributed by atoms with Crippen molar-refractivity contribution in [3.63, 3.8) is 0 Å². The lowest BCUT2D eigenvalue weighted by Gasteiger charge is -2.13. The maximum atomic E-state index is 2.33. The van der Waals surface area contributed by atoms with E-state index in [1.165, 1.54) is 16.7 Å². The molecule has 3 rings (SSSR count). The standard InChI is InChI=1S/C23H22S2/c1-4-10-20(11-5-1)16-17-23(24-18-21-12-6-2-7-13-21)25-19-22-14-8-3-9-15-22/h1-17,23H,18-19H2/b17-16-. The van der Waals surface area contributed by atoms with E-state index in [1.54, 1.807) is 0 Å². The first kappa shape index (κ1) is 17.9. The molecular weight excluding hydrogens is 340 g/mol. The molecule has 0 radical (unpaired) electrons. The van der Waals surface area contributed by atoms with Crippen LogP contribution in [0.15, 0.2) is 97.1 Å². The van der Waals surface area contributed by atoms with Gasteiger partial charge in [0.15, 0.2) is 0 Å². The maximum Gasteiger partial charge on any atom is 0.0692 e. The summed E-state index contributed by atoms with van der Waals surface area (Å²) in [5.41, 5.74) is 4.02. The first-order chi connectivity index (χ1) is 12.4. The van der Waals surface area contributed by atoms with Crippen molar-refractivity contribution in [1.29, 1.82) is 0 Å². The Kier molecular flexibility index (Phi) is 7.29. The van der Waals surface area contributed by atoms with Gasteiger partial charge in [-0.05, 0) is 16.7 Å². The Labute approximate surface area is 159 Å². The first-order valence-corrected chi connectivity index (χ1v) is 10.5. The summed E-state index contributed by atoms with van der Waals surface area (Å²) in [6.07, 6.45) is 4.57. The molecule has 2 heteroatoms. The van der Waals surface area contributed by atoms with Gasteiger partial charge in [-0.15, -0.1) is 23.5 Å². The van der Waals surface area contributed by atoms with E-state index in [9.17, 15) is 0 Å². The molecule has 126 valence electrons. The molecule has 25 heavy (non-hydrogen) atoms. The monoisotopic (exact) mass is 362 g/mol. The van der Waals surface area contributed by atoms with Gasteiger partial charge in [0, 0.05) is 11.5 Å². The molecule has 0 aliphatic heterocycles. The van der Waals surface area contributed by atoms with Crippen LogP contribution in [0.4, 0.5) is 0 Å². The van der Waals surface area contributed by atoms with Gasteiger partial charge in [0.05, 0.1) is 4.58 Å². The third-order valence-electron chi connectivity index (χ3n) is 3.76.